The molecule has 0 radical (unpaired) electrons. The van der Waals surface area contributed by atoms with Crippen LogP contribution in [0.15, 0.2) is 53.9 Å². The molecule has 4 rings (SSSR count). The second-order valence-corrected chi connectivity index (χ2v) is 7.37. The van der Waals surface area contributed by atoms with Crippen molar-refractivity contribution in [1.29, 1.82) is 0 Å². The van der Waals surface area contributed by atoms with Crippen molar-refractivity contribution >= 4 is 21.4 Å². The van der Waals surface area contributed by atoms with E-state index in [0.29, 0.717) is 5.56 Å². The van der Waals surface area contributed by atoms with Crippen LogP contribution >= 0.6 is 11.3 Å². The fraction of sp³-hybridized carbons (Fsp3) is 0.300. The van der Waals surface area contributed by atoms with E-state index < -0.39 is 17.8 Å². The molecular weight excluding hydrogens is 357 g/mol. The highest BCUT2D eigenvalue weighted by molar-refractivity contribution is 7.17. The van der Waals surface area contributed by atoms with E-state index in [2.05, 4.69) is 10.2 Å². The number of benzene rings is 2. The van der Waals surface area contributed by atoms with Crippen molar-refractivity contribution in [3.63, 3.8) is 0 Å². The summed E-state index contributed by atoms with van der Waals surface area (Å²) in [6, 6.07) is 13.5. The van der Waals surface area contributed by atoms with Gasteiger partial charge >= 0.3 is 6.18 Å². The molecule has 6 heteroatoms. The molecule has 1 fully saturated rings. The van der Waals surface area contributed by atoms with E-state index in [1.807, 2.05) is 29.6 Å². The molecule has 1 aromatic heterocycles. The number of alkyl halides is 3. The minimum Gasteiger partial charge on any atom is -0.314 e. The number of nitrogens with zero attached hydrogens (tertiary/aromatic N) is 1. The average Bonchev–Trinajstić information content (AvgIpc) is 3.07. The van der Waals surface area contributed by atoms with Crippen LogP contribution in [-0.2, 0) is 6.18 Å². The van der Waals surface area contributed by atoms with Gasteiger partial charge in [0.25, 0.3) is 0 Å². The molecule has 26 heavy (non-hydrogen) atoms. The number of hydrogen-bond acceptors (Lipinski definition) is 3. The van der Waals surface area contributed by atoms with E-state index >= 15 is 0 Å². The van der Waals surface area contributed by atoms with Crippen LogP contribution in [0.2, 0.25) is 0 Å². The minimum absolute atomic E-state index is 0.338. The Morgan fingerprint density at radius 2 is 1.62 bits per heavy atom. The summed E-state index contributed by atoms with van der Waals surface area (Å²) in [5.74, 6) is 0. The van der Waals surface area contributed by atoms with Crippen molar-refractivity contribution in [3.8, 4) is 0 Å². The van der Waals surface area contributed by atoms with Gasteiger partial charge in [-0.2, -0.15) is 13.2 Å². The van der Waals surface area contributed by atoms with Crippen LogP contribution in [-0.4, -0.2) is 31.1 Å². The quantitative estimate of drug-likeness (QED) is 0.698. The molecule has 2 nitrogen and oxygen atoms in total. The normalized spacial score (nSPS) is 17.5. The summed E-state index contributed by atoms with van der Waals surface area (Å²) in [7, 11) is 0. The number of rotatable bonds is 3. The van der Waals surface area contributed by atoms with Gasteiger partial charge in [-0.1, -0.05) is 36.4 Å². The Kier molecular flexibility index (Phi) is 4.73. The van der Waals surface area contributed by atoms with Gasteiger partial charge in [0.1, 0.15) is 0 Å². The summed E-state index contributed by atoms with van der Waals surface area (Å²) in [5.41, 5.74) is 0.758. The summed E-state index contributed by atoms with van der Waals surface area (Å²) < 4.78 is 42.2. The monoisotopic (exact) mass is 376 g/mol. The summed E-state index contributed by atoms with van der Waals surface area (Å²) in [6.45, 7) is 3.02. The SMILES string of the molecule is FC(F)(F)c1ccccc1C(c1csc2ccccc12)N1CCNCC1. The summed E-state index contributed by atoms with van der Waals surface area (Å²) >= 11 is 1.59. The third-order valence-corrected chi connectivity index (χ3v) is 5.86. The molecule has 1 saturated heterocycles. The lowest BCUT2D eigenvalue weighted by Gasteiger charge is -2.36. The molecule has 1 N–H and O–H groups in total. The van der Waals surface area contributed by atoms with Crippen molar-refractivity contribution in [2.75, 3.05) is 26.2 Å². The molecule has 0 spiro atoms. The van der Waals surface area contributed by atoms with E-state index in [1.54, 1.807) is 23.5 Å². The maximum Gasteiger partial charge on any atom is 0.416 e. The van der Waals surface area contributed by atoms with Gasteiger partial charge in [0.05, 0.1) is 11.6 Å². The Labute approximate surface area is 154 Å². The fourth-order valence-corrected chi connectivity index (χ4v) is 4.68. The van der Waals surface area contributed by atoms with Crippen LogP contribution in [0.5, 0.6) is 0 Å². The first-order valence-corrected chi connectivity index (χ1v) is 9.50. The van der Waals surface area contributed by atoms with Crippen molar-refractivity contribution in [2.45, 2.75) is 12.2 Å². The Balaban J connectivity index is 1.90. The zero-order valence-corrected chi connectivity index (χ0v) is 14.9. The molecule has 1 aliphatic rings. The molecule has 1 atom stereocenters. The molecule has 3 aromatic rings. The molecule has 1 unspecified atom stereocenters. The third kappa shape index (κ3) is 3.24. The smallest absolute Gasteiger partial charge is 0.314 e. The number of halogens is 3. The van der Waals surface area contributed by atoms with Crippen LogP contribution in [0, 0.1) is 0 Å². The second kappa shape index (κ2) is 7.02. The van der Waals surface area contributed by atoms with Crippen LogP contribution < -0.4 is 5.32 Å². The minimum atomic E-state index is -4.37. The number of nitrogens with one attached hydrogen (secondary N) is 1. The molecule has 136 valence electrons. The van der Waals surface area contributed by atoms with Gasteiger partial charge in [-0.3, -0.25) is 4.90 Å². The van der Waals surface area contributed by atoms with Gasteiger partial charge in [-0.15, -0.1) is 11.3 Å². The van der Waals surface area contributed by atoms with E-state index in [-0.39, 0.29) is 0 Å². The lowest BCUT2D eigenvalue weighted by atomic mass is 9.92. The van der Waals surface area contributed by atoms with Gasteiger partial charge < -0.3 is 5.32 Å². The van der Waals surface area contributed by atoms with Crippen LogP contribution in [0.1, 0.15) is 22.7 Å². The van der Waals surface area contributed by atoms with Gasteiger partial charge in [-0.05, 0) is 34.0 Å². The zero-order chi connectivity index (χ0) is 18.1. The van der Waals surface area contributed by atoms with Gasteiger partial charge in [-0.25, -0.2) is 0 Å². The van der Waals surface area contributed by atoms with E-state index in [9.17, 15) is 13.2 Å². The van der Waals surface area contributed by atoms with Crippen LogP contribution in [0.3, 0.4) is 0 Å². The van der Waals surface area contributed by atoms with E-state index in [4.69, 9.17) is 0 Å². The molecule has 0 bridgehead atoms. The lowest BCUT2D eigenvalue weighted by Crippen LogP contribution is -2.45. The topological polar surface area (TPSA) is 15.3 Å². The highest BCUT2D eigenvalue weighted by Gasteiger charge is 2.37. The molecule has 0 saturated carbocycles. The number of piperazine rings is 1. The number of hydrogen-bond donors (Lipinski definition) is 1. The van der Waals surface area contributed by atoms with E-state index in [1.165, 1.54) is 12.1 Å². The standard InChI is InChI=1S/C20H19F3N2S/c21-20(22,23)17-7-3-1-6-15(17)19(25-11-9-24-10-12-25)16-13-26-18-8-4-2-5-14(16)18/h1-8,13,19,24H,9-12H2. The second-order valence-electron chi connectivity index (χ2n) is 6.46. The maximum absolute atomic E-state index is 13.7. The fourth-order valence-electron chi connectivity index (χ4n) is 3.70. The first-order chi connectivity index (χ1) is 12.6. The van der Waals surface area contributed by atoms with Crippen molar-refractivity contribution in [2.24, 2.45) is 0 Å². The summed E-state index contributed by atoms with van der Waals surface area (Å²) in [6.07, 6.45) is -4.37. The first-order valence-electron chi connectivity index (χ1n) is 8.63. The molecule has 2 heterocycles. The van der Waals surface area contributed by atoms with Gasteiger partial charge in [0.15, 0.2) is 0 Å². The van der Waals surface area contributed by atoms with Gasteiger partial charge in [0.2, 0.25) is 0 Å². The Hall–Kier alpha value is -1.89. The third-order valence-electron chi connectivity index (χ3n) is 4.88. The van der Waals surface area contributed by atoms with Crippen LogP contribution in [0.4, 0.5) is 13.2 Å². The van der Waals surface area contributed by atoms with Crippen LogP contribution in [0.25, 0.3) is 10.1 Å². The molecule has 0 amide bonds. The molecule has 0 aliphatic carbocycles. The van der Waals surface area contributed by atoms with Crippen molar-refractivity contribution in [1.82, 2.24) is 10.2 Å². The summed E-state index contributed by atoms with van der Waals surface area (Å²) in [4.78, 5) is 2.16. The molecular formula is C20H19F3N2S. The summed E-state index contributed by atoms with van der Waals surface area (Å²) in [5, 5.41) is 6.35. The highest BCUT2D eigenvalue weighted by atomic mass is 32.1. The predicted molar refractivity (Wildman–Crippen MR) is 99.6 cm³/mol. The van der Waals surface area contributed by atoms with Gasteiger partial charge in [0, 0.05) is 30.9 Å². The molecule has 1 aliphatic heterocycles. The maximum atomic E-state index is 13.7. The molecule has 2 aromatic carbocycles. The van der Waals surface area contributed by atoms with Crippen molar-refractivity contribution < 1.29 is 13.2 Å². The van der Waals surface area contributed by atoms with E-state index in [0.717, 1.165) is 41.8 Å². The average molecular weight is 376 g/mol. The first kappa shape index (κ1) is 17.5. The Bertz CT molecular complexity index is 897. The Morgan fingerprint density at radius 1 is 0.923 bits per heavy atom. The largest absolute Gasteiger partial charge is 0.416 e. The lowest BCUT2D eigenvalue weighted by molar-refractivity contribution is -0.138. The number of thiophene rings is 1. The Morgan fingerprint density at radius 3 is 2.38 bits per heavy atom. The highest BCUT2D eigenvalue weighted by Crippen LogP contribution is 2.42. The number of fused-ring (bicyclic) bond motifs is 1. The van der Waals surface area contributed by atoms with Crippen molar-refractivity contribution in [3.05, 3.63) is 70.6 Å². The zero-order valence-electron chi connectivity index (χ0n) is 14.1. The predicted octanol–water partition coefficient (Wildman–Crippen LogP) is 4.91.